The molecule has 2 aromatic carbocycles. The van der Waals surface area contributed by atoms with Gasteiger partial charge in [0.2, 0.25) is 5.39 Å². The SMILES string of the molecule is COS(=O)c1cc([N+]#N)c([O-])c2ccccc12. The first-order valence-corrected chi connectivity index (χ1v) is 5.80. The highest BCUT2D eigenvalue weighted by Crippen LogP contribution is 2.36. The Labute approximate surface area is 99.9 Å². The van der Waals surface area contributed by atoms with Crippen molar-refractivity contribution in [2.45, 2.75) is 4.90 Å². The third-order valence-corrected chi connectivity index (χ3v) is 3.38. The van der Waals surface area contributed by atoms with Gasteiger partial charge in [0.25, 0.3) is 0 Å². The third-order valence-electron chi connectivity index (χ3n) is 2.38. The molecule has 1 unspecified atom stereocenters. The largest absolute Gasteiger partial charge is 0.867 e. The first-order valence-electron chi connectivity index (χ1n) is 4.73. The zero-order chi connectivity index (χ0) is 12.4. The maximum atomic E-state index is 11.8. The lowest BCUT2D eigenvalue weighted by Crippen LogP contribution is -1.98. The second kappa shape index (κ2) is 4.49. The lowest BCUT2D eigenvalue weighted by atomic mass is 10.1. The molecule has 0 spiro atoms. The molecular weight excluding hydrogens is 240 g/mol. The van der Waals surface area contributed by atoms with Crippen molar-refractivity contribution < 1.29 is 13.5 Å². The molecule has 0 fully saturated rings. The van der Waals surface area contributed by atoms with Crippen molar-refractivity contribution in [2.24, 2.45) is 0 Å². The summed E-state index contributed by atoms with van der Waals surface area (Å²) in [5.41, 5.74) is -0.149. The van der Waals surface area contributed by atoms with Gasteiger partial charge in [0.15, 0.2) is 16.1 Å². The van der Waals surface area contributed by atoms with E-state index in [9.17, 15) is 9.32 Å². The molecule has 0 aromatic heterocycles. The van der Waals surface area contributed by atoms with Gasteiger partial charge in [0.1, 0.15) is 0 Å². The summed E-state index contributed by atoms with van der Waals surface area (Å²) in [6, 6.07) is 7.94. The molecular formula is C11H8N2O3S. The van der Waals surface area contributed by atoms with E-state index in [0.29, 0.717) is 15.7 Å². The molecule has 0 aliphatic rings. The van der Waals surface area contributed by atoms with Crippen LogP contribution < -0.4 is 5.11 Å². The van der Waals surface area contributed by atoms with Crippen LogP contribution in [0.3, 0.4) is 0 Å². The van der Waals surface area contributed by atoms with Crippen LogP contribution in [0.15, 0.2) is 35.2 Å². The number of diazo groups is 1. The minimum atomic E-state index is -1.70. The second-order valence-corrected chi connectivity index (χ2v) is 4.51. The van der Waals surface area contributed by atoms with Crippen molar-refractivity contribution in [1.82, 2.24) is 0 Å². The Balaban J connectivity index is 2.89. The summed E-state index contributed by atoms with van der Waals surface area (Å²) >= 11 is -1.70. The molecule has 6 heteroatoms. The van der Waals surface area contributed by atoms with Gasteiger partial charge in [-0.2, -0.15) is 0 Å². The fourth-order valence-electron chi connectivity index (χ4n) is 1.60. The van der Waals surface area contributed by atoms with Crippen LogP contribution in [0.25, 0.3) is 15.7 Å². The van der Waals surface area contributed by atoms with Gasteiger partial charge in [0.05, 0.1) is 18.1 Å². The summed E-state index contributed by atoms with van der Waals surface area (Å²) in [4.78, 5) is 3.21. The summed E-state index contributed by atoms with van der Waals surface area (Å²) < 4.78 is 16.4. The van der Waals surface area contributed by atoms with Crippen molar-refractivity contribution in [2.75, 3.05) is 7.11 Å². The third kappa shape index (κ3) is 1.86. The number of benzene rings is 2. The molecule has 1 atom stereocenters. The molecule has 0 radical (unpaired) electrons. The zero-order valence-corrected chi connectivity index (χ0v) is 9.73. The van der Waals surface area contributed by atoms with Gasteiger partial charge in [-0.25, -0.2) is 4.21 Å². The molecule has 0 aliphatic heterocycles. The van der Waals surface area contributed by atoms with Crippen LogP contribution in [-0.4, -0.2) is 11.3 Å². The Morgan fingerprint density at radius 3 is 2.59 bits per heavy atom. The second-order valence-electron chi connectivity index (χ2n) is 3.27. The highest BCUT2D eigenvalue weighted by molar-refractivity contribution is 7.80. The van der Waals surface area contributed by atoms with Crippen LogP contribution in [0.2, 0.25) is 0 Å². The molecule has 0 N–H and O–H groups in total. The maximum absolute atomic E-state index is 11.8. The van der Waals surface area contributed by atoms with Gasteiger partial charge in [-0.15, -0.1) is 0 Å². The average Bonchev–Trinajstić information content (AvgIpc) is 2.38. The van der Waals surface area contributed by atoms with Crippen LogP contribution >= 0.6 is 0 Å². The Morgan fingerprint density at radius 2 is 2.00 bits per heavy atom. The molecule has 86 valence electrons. The molecule has 2 rings (SSSR count). The number of fused-ring (bicyclic) bond motifs is 1. The smallest absolute Gasteiger partial charge is 0.379 e. The normalized spacial score (nSPS) is 12.2. The van der Waals surface area contributed by atoms with Crippen LogP contribution in [0, 0.1) is 5.39 Å². The molecule has 0 amide bonds. The first-order chi connectivity index (χ1) is 8.19. The average molecular weight is 248 g/mol. The summed E-state index contributed by atoms with van der Waals surface area (Å²) in [7, 11) is 1.30. The molecule has 0 bridgehead atoms. The summed E-state index contributed by atoms with van der Waals surface area (Å²) in [6.45, 7) is 0. The van der Waals surface area contributed by atoms with Gasteiger partial charge in [-0.1, -0.05) is 24.3 Å². The molecule has 2 aromatic rings. The minimum absolute atomic E-state index is 0.149. The summed E-state index contributed by atoms with van der Waals surface area (Å²) in [6.07, 6.45) is 0. The van der Waals surface area contributed by atoms with E-state index >= 15 is 0 Å². The van der Waals surface area contributed by atoms with Gasteiger partial charge in [-0.05, 0) is 11.1 Å². The predicted octanol–water partition coefficient (Wildman–Crippen LogP) is 2.07. The van der Waals surface area contributed by atoms with E-state index in [0.717, 1.165) is 0 Å². The molecule has 0 heterocycles. The van der Waals surface area contributed by atoms with E-state index in [4.69, 9.17) is 9.58 Å². The van der Waals surface area contributed by atoms with Gasteiger partial charge >= 0.3 is 5.69 Å². The molecule has 17 heavy (non-hydrogen) atoms. The quantitative estimate of drug-likeness (QED) is 0.762. The van der Waals surface area contributed by atoms with Gasteiger partial charge in [-0.3, -0.25) is 4.18 Å². The maximum Gasteiger partial charge on any atom is 0.379 e. The van der Waals surface area contributed by atoms with Crippen molar-refractivity contribution in [3.8, 4) is 5.75 Å². The lowest BCUT2D eigenvalue weighted by Gasteiger charge is -2.10. The number of hydrogen-bond acceptors (Lipinski definition) is 4. The van der Waals surface area contributed by atoms with Crippen molar-refractivity contribution in [3.63, 3.8) is 0 Å². The molecule has 5 nitrogen and oxygen atoms in total. The Hall–Kier alpha value is -1.97. The Bertz CT molecular complexity index is 649. The van der Waals surface area contributed by atoms with Crippen LogP contribution in [0.5, 0.6) is 5.75 Å². The van der Waals surface area contributed by atoms with Crippen LogP contribution in [-0.2, 0) is 15.3 Å². The van der Waals surface area contributed by atoms with Gasteiger partial charge in [0, 0.05) is 5.39 Å². The molecule has 0 aliphatic carbocycles. The minimum Gasteiger partial charge on any atom is -0.867 e. The first kappa shape index (κ1) is 11.5. The van der Waals surface area contributed by atoms with Crippen molar-refractivity contribution in [3.05, 3.63) is 35.3 Å². The van der Waals surface area contributed by atoms with Crippen molar-refractivity contribution >= 4 is 27.5 Å². The van der Waals surface area contributed by atoms with Crippen LogP contribution in [0.4, 0.5) is 5.69 Å². The zero-order valence-electron chi connectivity index (χ0n) is 8.91. The summed E-state index contributed by atoms with van der Waals surface area (Å²) in [5, 5.41) is 21.5. The Morgan fingerprint density at radius 1 is 1.35 bits per heavy atom. The fraction of sp³-hybridized carbons (Fsp3) is 0.0909. The highest BCUT2D eigenvalue weighted by atomic mass is 32.2. The van der Waals surface area contributed by atoms with E-state index in [2.05, 4.69) is 4.98 Å². The Kier molecular flexibility index (Phi) is 3.04. The van der Waals surface area contributed by atoms with E-state index in [1.807, 2.05) is 0 Å². The van der Waals surface area contributed by atoms with Crippen LogP contribution in [0.1, 0.15) is 0 Å². The number of nitrogens with zero attached hydrogens (tertiary/aromatic N) is 2. The van der Waals surface area contributed by atoms with Gasteiger partial charge < -0.3 is 5.11 Å². The number of hydrogen-bond donors (Lipinski definition) is 0. The predicted molar refractivity (Wildman–Crippen MR) is 61.6 cm³/mol. The van der Waals surface area contributed by atoms with E-state index < -0.39 is 16.8 Å². The fourth-order valence-corrected chi connectivity index (χ4v) is 2.35. The van der Waals surface area contributed by atoms with E-state index in [-0.39, 0.29) is 5.69 Å². The molecule has 0 saturated carbocycles. The topological polar surface area (TPSA) is 77.5 Å². The molecule has 0 saturated heterocycles. The lowest BCUT2D eigenvalue weighted by molar-refractivity contribution is -0.264. The summed E-state index contributed by atoms with van der Waals surface area (Å²) in [5.74, 6) is -0.403. The van der Waals surface area contributed by atoms with Crippen molar-refractivity contribution in [1.29, 1.82) is 5.39 Å². The van der Waals surface area contributed by atoms with E-state index in [1.54, 1.807) is 24.3 Å². The standard InChI is InChI=1S/C11H8N2O3S/c1-16-17(15)10-6-9(13-12)11(14)8-5-3-2-4-7(8)10/h2-6H,1H3. The number of rotatable bonds is 2. The highest BCUT2D eigenvalue weighted by Gasteiger charge is 2.17. The monoisotopic (exact) mass is 248 g/mol. The van der Waals surface area contributed by atoms with E-state index in [1.165, 1.54) is 13.2 Å².